The first-order valence-electron chi connectivity index (χ1n) is 9.98. The van der Waals surface area contributed by atoms with Gasteiger partial charge in [-0.15, -0.1) is 0 Å². The smallest absolute Gasteiger partial charge is 0.258 e. The standard InChI is InChI=1S/C24H24N4O2/c1-2-28-22-11-7-6-10-21(22)27-23(28)16-25-24(29)17-30-20-14-12-19(13-15-20)26-18-8-4-3-5-9-18/h3-15,26H,2,16-17H2,1H3,(H,25,29). The SMILES string of the molecule is CCn1c(CNC(=O)COc2ccc(Nc3ccccc3)cc2)nc2ccccc21. The van der Waals surface area contributed by atoms with Crippen molar-refractivity contribution in [3.63, 3.8) is 0 Å². The third-order valence-electron chi connectivity index (χ3n) is 4.78. The van der Waals surface area contributed by atoms with Crippen molar-refractivity contribution in [3.05, 3.63) is 84.7 Å². The number of carbonyl (C=O) groups excluding carboxylic acids is 1. The van der Waals surface area contributed by atoms with Crippen LogP contribution in [0.15, 0.2) is 78.9 Å². The summed E-state index contributed by atoms with van der Waals surface area (Å²) in [5.74, 6) is 1.30. The molecule has 0 aliphatic heterocycles. The average molecular weight is 400 g/mol. The number of nitrogens with one attached hydrogen (secondary N) is 2. The molecule has 4 aromatic rings. The molecular weight excluding hydrogens is 376 g/mol. The molecule has 0 radical (unpaired) electrons. The Morgan fingerprint density at radius 1 is 0.933 bits per heavy atom. The molecule has 0 fully saturated rings. The molecule has 0 bridgehead atoms. The molecule has 0 atom stereocenters. The Morgan fingerprint density at radius 3 is 2.40 bits per heavy atom. The van der Waals surface area contributed by atoms with Gasteiger partial charge < -0.3 is 19.9 Å². The van der Waals surface area contributed by atoms with Crippen LogP contribution in [0.2, 0.25) is 0 Å². The van der Waals surface area contributed by atoms with Crippen LogP contribution in [-0.4, -0.2) is 22.1 Å². The van der Waals surface area contributed by atoms with E-state index in [-0.39, 0.29) is 12.5 Å². The van der Waals surface area contributed by atoms with Crippen molar-refractivity contribution in [2.24, 2.45) is 0 Å². The number of amides is 1. The Kier molecular flexibility index (Phi) is 5.94. The van der Waals surface area contributed by atoms with E-state index in [9.17, 15) is 4.79 Å². The molecule has 1 amide bonds. The fraction of sp³-hybridized carbons (Fsp3) is 0.167. The molecule has 152 valence electrons. The molecule has 3 aromatic carbocycles. The van der Waals surface area contributed by atoms with Gasteiger partial charge in [0.15, 0.2) is 6.61 Å². The molecule has 0 aliphatic rings. The van der Waals surface area contributed by atoms with E-state index in [1.165, 1.54) is 0 Å². The number of anilines is 2. The van der Waals surface area contributed by atoms with Crippen LogP contribution in [-0.2, 0) is 17.9 Å². The Hall–Kier alpha value is -3.80. The van der Waals surface area contributed by atoms with Gasteiger partial charge in [-0.3, -0.25) is 4.79 Å². The highest BCUT2D eigenvalue weighted by atomic mass is 16.5. The van der Waals surface area contributed by atoms with Gasteiger partial charge in [0.25, 0.3) is 5.91 Å². The number of ether oxygens (including phenoxy) is 1. The quantitative estimate of drug-likeness (QED) is 0.457. The van der Waals surface area contributed by atoms with Crippen LogP contribution in [0, 0.1) is 0 Å². The summed E-state index contributed by atoms with van der Waals surface area (Å²) >= 11 is 0. The Bertz CT molecular complexity index is 1120. The van der Waals surface area contributed by atoms with Crippen molar-refractivity contribution >= 4 is 28.3 Å². The fourth-order valence-electron chi connectivity index (χ4n) is 3.31. The average Bonchev–Trinajstić information content (AvgIpc) is 3.15. The number of aryl methyl sites for hydroxylation is 1. The maximum absolute atomic E-state index is 12.2. The number of para-hydroxylation sites is 3. The number of benzene rings is 3. The van der Waals surface area contributed by atoms with Crippen LogP contribution < -0.4 is 15.4 Å². The number of rotatable bonds is 8. The summed E-state index contributed by atoms with van der Waals surface area (Å²) < 4.78 is 7.72. The molecular formula is C24H24N4O2. The van der Waals surface area contributed by atoms with Gasteiger partial charge in [-0.25, -0.2) is 4.98 Å². The lowest BCUT2D eigenvalue weighted by Crippen LogP contribution is -2.29. The lowest BCUT2D eigenvalue weighted by Gasteiger charge is -2.10. The second kappa shape index (κ2) is 9.13. The van der Waals surface area contributed by atoms with Crippen molar-refractivity contribution in [3.8, 4) is 5.75 Å². The molecule has 1 heterocycles. The summed E-state index contributed by atoms with van der Waals surface area (Å²) in [4.78, 5) is 16.8. The summed E-state index contributed by atoms with van der Waals surface area (Å²) in [7, 11) is 0. The third-order valence-corrected chi connectivity index (χ3v) is 4.78. The van der Waals surface area contributed by atoms with Crippen molar-refractivity contribution in [2.45, 2.75) is 20.0 Å². The molecule has 0 saturated carbocycles. The highest BCUT2D eigenvalue weighted by molar-refractivity contribution is 5.78. The zero-order chi connectivity index (χ0) is 20.8. The molecule has 6 nitrogen and oxygen atoms in total. The van der Waals surface area contributed by atoms with Gasteiger partial charge in [0, 0.05) is 17.9 Å². The van der Waals surface area contributed by atoms with E-state index in [4.69, 9.17) is 4.74 Å². The van der Waals surface area contributed by atoms with Crippen molar-refractivity contribution in [1.82, 2.24) is 14.9 Å². The predicted molar refractivity (Wildman–Crippen MR) is 119 cm³/mol. The van der Waals surface area contributed by atoms with E-state index in [0.717, 1.165) is 34.8 Å². The Balaban J connectivity index is 1.29. The first kappa shape index (κ1) is 19.5. The summed E-state index contributed by atoms with van der Waals surface area (Å²) in [5.41, 5.74) is 3.98. The van der Waals surface area contributed by atoms with Crippen LogP contribution in [0.1, 0.15) is 12.7 Å². The number of fused-ring (bicyclic) bond motifs is 1. The van der Waals surface area contributed by atoms with Crippen molar-refractivity contribution < 1.29 is 9.53 Å². The number of hydrogen-bond donors (Lipinski definition) is 2. The highest BCUT2D eigenvalue weighted by Crippen LogP contribution is 2.20. The van der Waals surface area contributed by atoms with E-state index in [0.29, 0.717) is 12.3 Å². The lowest BCUT2D eigenvalue weighted by atomic mass is 10.2. The number of aromatic nitrogens is 2. The van der Waals surface area contributed by atoms with Crippen LogP contribution >= 0.6 is 0 Å². The van der Waals surface area contributed by atoms with Crippen LogP contribution in [0.5, 0.6) is 5.75 Å². The molecule has 0 aliphatic carbocycles. The summed E-state index contributed by atoms with van der Waals surface area (Å²) in [6.45, 7) is 3.19. The zero-order valence-electron chi connectivity index (χ0n) is 16.8. The highest BCUT2D eigenvalue weighted by Gasteiger charge is 2.10. The minimum atomic E-state index is -0.184. The second-order valence-corrected chi connectivity index (χ2v) is 6.84. The molecule has 4 rings (SSSR count). The summed E-state index contributed by atoms with van der Waals surface area (Å²) in [5, 5.41) is 6.20. The van der Waals surface area contributed by atoms with E-state index >= 15 is 0 Å². The van der Waals surface area contributed by atoms with Crippen LogP contribution in [0.3, 0.4) is 0 Å². The molecule has 1 aromatic heterocycles. The maximum Gasteiger partial charge on any atom is 0.258 e. The molecule has 6 heteroatoms. The van der Waals surface area contributed by atoms with Gasteiger partial charge in [-0.1, -0.05) is 30.3 Å². The van der Waals surface area contributed by atoms with Gasteiger partial charge in [0.1, 0.15) is 11.6 Å². The maximum atomic E-state index is 12.2. The van der Waals surface area contributed by atoms with Gasteiger partial charge in [0.2, 0.25) is 0 Å². The first-order valence-corrected chi connectivity index (χ1v) is 9.98. The number of imidazole rings is 1. The van der Waals surface area contributed by atoms with E-state index < -0.39 is 0 Å². The minimum Gasteiger partial charge on any atom is -0.484 e. The topological polar surface area (TPSA) is 68.2 Å². The first-order chi connectivity index (χ1) is 14.7. The van der Waals surface area contributed by atoms with E-state index in [1.54, 1.807) is 0 Å². The molecule has 2 N–H and O–H groups in total. The van der Waals surface area contributed by atoms with Gasteiger partial charge in [-0.2, -0.15) is 0 Å². The minimum absolute atomic E-state index is 0.0438. The molecule has 0 saturated heterocycles. The van der Waals surface area contributed by atoms with Gasteiger partial charge in [-0.05, 0) is 55.5 Å². The number of nitrogens with zero attached hydrogens (tertiary/aromatic N) is 2. The largest absolute Gasteiger partial charge is 0.484 e. The lowest BCUT2D eigenvalue weighted by molar-refractivity contribution is -0.123. The summed E-state index contributed by atoms with van der Waals surface area (Å²) in [6, 6.07) is 25.4. The Labute approximate surface area is 175 Å². The summed E-state index contributed by atoms with van der Waals surface area (Å²) in [6.07, 6.45) is 0. The van der Waals surface area contributed by atoms with Crippen LogP contribution in [0.25, 0.3) is 11.0 Å². The molecule has 0 unspecified atom stereocenters. The van der Waals surface area contributed by atoms with Gasteiger partial charge >= 0.3 is 0 Å². The zero-order valence-corrected chi connectivity index (χ0v) is 16.8. The van der Waals surface area contributed by atoms with Crippen molar-refractivity contribution in [2.75, 3.05) is 11.9 Å². The van der Waals surface area contributed by atoms with E-state index in [2.05, 4.69) is 27.1 Å². The number of hydrogen-bond acceptors (Lipinski definition) is 4. The number of carbonyl (C=O) groups is 1. The normalized spacial score (nSPS) is 10.7. The molecule has 30 heavy (non-hydrogen) atoms. The van der Waals surface area contributed by atoms with Gasteiger partial charge in [0.05, 0.1) is 17.6 Å². The second-order valence-electron chi connectivity index (χ2n) is 6.84. The van der Waals surface area contributed by atoms with Crippen molar-refractivity contribution in [1.29, 1.82) is 0 Å². The van der Waals surface area contributed by atoms with Crippen LogP contribution in [0.4, 0.5) is 11.4 Å². The fourth-order valence-corrected chi connectivity index (χ4v) is 3.31. The third kappa shape index (κ3) is 4.60. The predicted octanol–water partition coefficient (Wildman–Crippen LogP) is 4.50. The van der Waals surface area contributed by atoms with E-state index in [1.807, 2.05) is 78.9 Å². The molecule has 0 spiro atoms. The Morgan fingerprint density at radius 2 is 1.63 bits per heavy atom. The monoisotopic (exact) mass is 400 g/mol.